The first-order valence-electron chi connectivity index (χ1n) is 6.18. The van der Waals surface area contributed by atoms with Gasteiger partial charge >= 0.3 is 7.82 Å². The molecule has 21 heavy (non-hydrogen) atoms. The first-order chi connectivity index (χ1) is 9.83. The summed E-state index contributed by atoms with van der Waals surface area (Å²) in [4.78, 5) is 17.8. The molecule has 0 saturated heterocycles. The maximum atomic E-state index is 10.9. The fourth-order valence-corrected chi connectivity index (χ4v) is 2.35. The average Bonchev–Trinajstić information content (AvgIpc) is 2.39. The normalized spacial score (nSPS) is 11.3. The molecular weight excluding hydrogens is 295 g/mol. The molecule has 0 unspecified atom stereocenters. The summed E-state index contributed by atoms with van der Waals surface area (Å²) in [5.74, 6) is 0.204. The Balaban J connectivity index is 2.16. The van der Waals surface area contributed by atoms with Gasteiger partial charge in [-0.3, -0.25) is 9.79 Å². The lowest BCUT2D eigenvalue weighted by molar-refractivity contribution is 0.282. The fraction of sp³-hybridized carbons (Fsp3) is 0.143. The van der Waals surface area contributed by atoms with Gasteiger partial charge in [-0.1, -0.05) is 12.1 Å². The highest BCUT2D eigenvalue weighted by Crippen LogP contribution is 2.40. The van der Waals surface area contributed by atoms with Crippen LogP contribution in [0, 0.1) is 0 Å². The van der Waals surface area contributed by atoms with Crippen LogP contribution in [0.1, 0.15) is 11.1 Å². The number of aryl methyl sites for hydroxylation is 2. The molecule has 2 aromatic rings. The average molecular weight is 310 g/mol. The number of phenolic OH excluding ortho intramolecular Hbond substituents is 2. The van der Waals surface area contributed by atoms with Crippen LogP contribution in [0.3, 0.4) is 0 Å². The lowest BCUT2D eigenvalue weighted by atomic mass is 10.0. The molecule has 0 bridgehead atoms. The lowest BCUT2D eigenvalue weighted by Gasteiger charge is -2.12. The lowest BCUT2D eigenvalue weighted by Crippen LogP contribution is -1.97. The summed E-state index contributed by atoms with van der Waals surface area (Å²) >= 11 is 0. The number of aromatic hydroxyl groups is 2. The molecule has 2 aromatic carbocycles. The van der Waals surface area contributed by atoms with Crippen molar-refractivity contribution < 1.29 is 29.1 Å². The third-order valence-corrected chi connectivity index (χ3v) is 3.32. The van der Waals surface area contributed by atoms with Gasteiger partial charge in [0.2, 0.25) is 0 Å². The van der Waals surface area contributed by atoms with Gasteiger partial charge in [-0.25, -0.2) is 4.57 Å². The zero-order chi connectivity index (χ0) is 15.5. The van der Waals surface area contributed by atoms with E-state index in [9.17, 15) is 14.8 Å². The second-order valence-electron chi connectivity index (χ2n) is 4.54. The molecule has 112 valence electrons. The van der Waals surface area contributed by atoms with E-state index in [1.807, 2.05) is 0 Å². The molecule has 0 radical (unpaired) electrons. The molecule has 0 aliphatic carbocycles. The summed E-state index contributed by atoms with van der Waals surface area (Å²) in [5.41, 5.74) is 1.43. The molecule has 7 heteroatoms. The van der Waals surface area contributed by atoms with E-state index in [1.165, 1.54) is 18.2 Å². The van der Waals surface area contributed by atoms with Crippen molar-refractivity contribution in [2.75, 3.05) is 0 Å². The van der Waals surface area contributed by atoms with E-state index in [0.29, 0.717) is 18.4 Å². The van der Waals surface area contributed by atoms with Crippen molar-refractivity contribution >= 4 is 7.82 Å². The van der Waals surface area contributed by atoms with Crippen LogP contribution in [0.4, 0.5) is 0 Å². The van der Waals surface area contributed by atoms with Crippen molar-refractivity contribution in [1.82, 2.24) is 0 Å². The number of phosphoric ester groups is 1. The van der Waals surface area contributed by atoms with Crippen molar-refractivity contribution in [3.8, 4) is 17.2 Å². The molecule has 0 fully saturated rings. The number of hydrogen-bond acceptors (Lipinski definition) is 4. The van der Waals surface area contributed by atoms with Gasteiger partial charge in [0.25, 0.3) is 0 Å². The van der Waals surface area contributed by atoms with Gasteiger partial charge in [0, 0.05) is 0 Å². The Hall–Kier alpha value is -2.01. The SMILES string of the molecule is O=P(O)(O)Oc1ccc(O)cc1CCc1ccc(O)cc1. The van der Waals surface area contributed by atoms with Crippen LogP contribution in [-0.4, -0.2) is 20.0 Å². The Bertz CT molecular complexity index is 662. The quantitative estimate of drug-likeness (QED) is 0.632. The first kappa shape index (κ1) is 15.4. The number of phosphoric acid groups is 1. The molecule has 0 aliphatic heterocycles. The van der Waals surface area contributed by atoms with E-state index in [4.69, 9.17) is 9.79 Å². The number of hydrogen-bond donors (Lipinski definition) is 4. The van der Waals surface area contributed by atoms with Gasteiger partial charge in [0.15, 0.2) is 0 Å². The predicted molar refractivity (Wildman–Crippen MR) is 76.3 cm³/mol. The van der Waals surface area contributed by atoms with Crippen LogP contribution in [0.15, 0.2) is 42.5 Å². The largest absolute Gasteiger partial charge is 0.524 e. The van der Waals surface area contributed by atoms with Crippen molar-refractivity contribution in [3.05, 3.63) is 53.6 Å². The Morgan fingerprint density at radius 1 is 0.905 bits per heavy atom. The molecule has 0 spiro atoms. The number of phenols is 2. The van der Waals surface area contributed by atoms with Gasteiger partial charge in [0.1, 0.15) is 17.2 Å². The third kappa shape index (κ3) is 4.79. The molecule has 0 atom stereocenters. The maximum absolute atomic E-state index is 10.9. The zero-order valence-electron chi connectivity index (χ0n) is 11.0. The monoisotopic (exact) mass is 310 g/mol. The van der Waals surface area contributed by atoms with Gasteiger partial charge in [0.05, 0.1) is 0 Å². The topological polar surface area (TPSA) is 107 Å². The van der Waals surface area contributed by atoms with Gasteiger partial charge in [-0.05, 0) is 54.3 Å². The summed E-state index contributed by atoms with van der Waals surface area (Å²) in [5, 5.41) is 18.7. The standard InChI is InChI=1S/C14H15O6P/c15-12-5-2-10(3-6-12)1-4-11-9-13(16)7-8-14(11)20-21(17,18)19/h2-3,5-9,15-16H,1,4H2,(H2,17,18,19). The predicted octanol–water partition coefficient (Wildman–Crippen LogP) is 2.35. The van der Waals surface area contributed by atoms with Gasteiger partial charge in [-0.2, -0.15) is 0 Å². The Kier molecular flexibility index (Phi) is 4.53. The van der Waals surface area contributed by atoms with E-state index >= 15 is 0 Å². The van der Waals surface area contributed by atoms with Crippen molar-refractivity contribution in [3.63, 3.8) is 0 Å². The highest BCUT2D eigenvalue weighted by Gasteiger charge is 2.18. The fourth-order valence-electron chi connectivity index (χ4n) is 1.92. The minimum atomic E-state index is -4.65. The summed E-state index contributed by atoms with van der Waals surface area (Å²) < 4.78 is 15.5. The molecule has 0 aliphatic rings. The van der Waals surface area contributed by atoms with Crippen LogP contribution in [0.25, 0.3) is 0 Å². The molecule has 4 N–H and O–H groups in total. The summed E-state index contributed by atoms with van der Waals surface area (Å²) in [7, 11) is -4.65. The van der Waals surface area contributed by atoms with Gasteiger partial charge in [-0.15, -0.1) is 0 Å². The van der Waals surface area contributed by atoms with Gasteiger partial charge < -0.3 is 14.7 Å². The number of benzene rings is 2. The zero-order valence-corrected chi connectivity index (χ0v) is 11.9. The molecule has 0 aromatic heterocycles. The van der Waals surface area contributed by atoms with E-state index in [2.05, 4.69) is 4.52 Å². The van der Waals surface area contributed by atoms with Crippen molar-refractivity contribution in [2.24, 2.45) is 0 Å². The summed E-state index contributed by atoms with van der Waals surface area (Å²) in [6.07, 6.45) is 0.996. The van der Waals surface area contributed by atoms with Crippen molar-refractivity contribution in [1.29, 1.82) is 0 Å². The van der Waals surface area contributed by atoms with E-state index in [-0.39, 0.29) is 17.2 Å². The second kappa shape index (κ2) is 6.18. The van der Waals surface area contributed by atoms with Crippen LogP contribution in [0.2, 0.25) is 0 Å². The molecule has 0 heterocycles. The molecular formula is C14H15O6P. The highest BCUT2D eigenvalue weighted by atomic mass is 31.2. The van der Waals surface area contributed by atoms with E-state index < -0.39 is 7.82 Å². The van der Waals surface area contributed by atoms with Crippen molar-refractivity contribution in [2.45, 2.75) is 12.8 Å². The Labute approximate surface area is 121 Å². The second-order valence-corrected chi connectivity index (χ2v) is 5.70. The molecule has 2 rings (SSSR count). The maximum Gasteiger partial charge on any atom is 0.524 e. The van der Waals surface area contributed by atoms with Crippen LogP contribution < -0.4 is 4.52 Å². The third-order valence-electron chi connectivity index (χ3n) is 2.88. The molecule has 6 nitrogen and oxygen atoms in total. The minimum absolute atomic E-state index is 0.00577. The first-order valence-corrected chi connectivity index (χ1v) is 7.71. The highest BCUT2D eigenvalue weighted by molar-refractivity contribution is 7.46. The minimum Gasteiger partial charge on any atom is -0.508 e. The van der Waals surface area contributed by atoms with Crippen LogP contribution >= 0.6 is 7.82 Å². The van der Waals surface area contributed by atoms with E-state index in [1.54, 1.807) is 24.3 Å². The number of rotatable bonds is 5. The van der Waals surface area contributed by atoms with Crippen LogP contribution in [-0.2, 0) is 17.4 Å². The molecule has 0 amide bonds. The molecule has 0 saturated carbocycles. The Morgan fingerprint density at radius 3 is 2.14 bits per heavy atom. The van der Waals surface area contributed by atoms with E-state index in [0.717, 1.165) is 5.56 Å². The summed E-state index contributed by atoms with van der Waals surface area (Å²) in [6, 6.07) is 10.7. The summed E-state index contributed by atoms with van der Waals surface area (Å²) in [6.45, 7) is 0. The van der Waals surface area contributed by atoms with Crippen LogP contribution in [0.5, 0.6) is 17.2 Å². The Morgan fingerprint density at radius 2 is 1.52 bits per heavy atom. The smallest absolute Gasteiger partial charge is 0.508 e.